The Balaban J connectivity index is 1.90. The van der Waals surface area contributed by atoms with E-state index in [0.717, 1.165) is 11.4 Å². The minimum Gasteiger partial charge on any atom is -0.493 e. The van der Waals surface area contributed by atoms with E-state index in [1.165, 1.54) is 0 Å². The van der Waals surface area contributed by atoms with Crippen molar-refractivity contribution in [3.05, 3.63) is 60.4 Å². The normalized spacial score (nSPS) is 10.2. The van der Waals surface area contributed by atoms with Crippen LogP contribution in [0.1, 0.15) is 25.5 Å². The molecule has 2 rings (SSSR count). The van der Waals surface area contributed by atoms with E-state index in [1.807, 2.05) is 48.5 Å². The van der Waals surface area contributed by atoms with Gasteiger partial charge in [0.15, 0.2) is 0 Å². The summed E-state index contributed by atoms with van der Waals surface area (Å²) in [5, 5.41) is 0. The monoisotopic (exact) mass is 356 g/mol. The third kappa shape index (κ3) is 6.93. The predicted octanol–water partition coefficient (Wildman–Crippen LogP) is 2.83. The highest BCUT2D eigenvalue weighted by Gasteiger charge is 2.16. The van der Waals surface area contributed by atoms with Gasteiger partial charge in [-0.05, 0) is 31.2 Å². The van der Waals surface area contributed by atoms with Crippen molar-refractivity contribution >= 4 is 11.9 Å². The van der Waals surface area contributed by atoms with Crippen LogP contribution in [0.3, 0.4) is 0 Å². The van der Waals surface area contributed by atoms with Gasteiger partial charge in [-0.25, -0.2) is 0 Å². The van der Waals surface area contributed by atoms with Crippen LogP contribution in [-0.2, 0) is 20.9 Å². The number of nitrogens with zero attached hydrogens (tertiary/aromatic N) is 2. The molecule has 1 aromatic carbocycles. The smallest absolute Gasteiger partial charge is 0.307 e. The SMILES string of the molecule is CCOC(=O)CCN(Cc1ccccn1)C(=O)CCOc1ccccc1. The number of hydrogen-bond acceptors (Lipinski definition) is 5. The van der Waals surface area contributed by atoms with Crippen molar-refractivity contribution in [2.24, 2.45) is 0 Å². The molecule has 0 aliphatic rings. The van der Waals surface area contributed by atoms with E-state index in [2.05, 4.69) is 4.98 Å². The van der Waals surface area contributed by atoms with E-state index in [0.29, 0.717) is 19.7 Å². The van der Waals surface area contributed by atoms with Gasteiger partial charge in [-0.15, -0.1) is 0 Å². The molecule has 0 unspecified atom stereocenters. The number of para-hydroxylation sites is 1. The second-order valence-electron chi connectivity index (χ2n) is 5.60. The van der Waals surface area contributed by atoms with Crippen molar-refractivity contribution in [1.29, 1.82) is 0 Å². The Morgan fingerprint density at radius 1 is 1.04 bits per heavy atom. The number of benzene rings is 1. The summed E-state index contributed by atoms with van der Waals surface area (Å²) < 4.78 is 10.5. The van der Waals surface area contributed by atoms with Gasteiger partial charge in [-0.3, -0.25) is 14.6 Å². The molecule has 0 aliphatic carbocycles. The minimum atomic E-state index is -0.313. The van der Waals surface area contributed by atoms with E-state index in [1.54, 1.807) is 18.0 Å². The molecule has 138 valence electrons. The molecule has 0 atom stereocenters. The number of aromatic nitrogens is 1. The highest BCUT2D eigenvalue weighted by atomic mass is 16.5. The Bertz CT molecular complexity index is 677. The Kier molecular flexibility index (Phi) is 8.12. The van der Waals surface area contributed by atoms with Crippen molar-refractivity contribution in [1.82, 2.24) is 9.88 Å². The van der Waals surface area contributed by atoms with Crippen molar-refractivity contribution < 1.29 is 19.1 Å². The zero-order valence-electron chi connectivity index (χ0n) is 15.0. The van der Waals surface area contributed by atoms with Gasteiger partial charge in [-0.1, -0.05) is 24.3 Å². The first-order chi connectivity index (χ1) is 12.7. The lowest BCUT2D eigenvalue weighted by molar-refractivity contribution is -0.144. The molecule has 0 radical (unpaired) electrons. The van der Waals surface area contributed by atoms with Crippen LogP contribution >= 0.6 is 0 Å². The van der Waals surface area contributed by atoms with Crippen LogP contribution in [0, 0.1) is 0 Å². The first-order valence-electron chi connectivity index (χ1n) is 8.70. The molecular formula is C20H24N2O4. The zero-order valence-corrected chi connectivity index (χ0v) is 15.0. The maximum atomic E-state index is 12.6. The second kappa shape index (κ2) is 10.9. The van der Waals surface area contributed by atoms with Gasteiger partial charge in [0.2, 0.25) is 5.91 Å². The molecule has 1 heterocycles. The molecule has 0 aliphatic heterocycles. The van der Waals surface area contributed by atoms with Gasteiger partial charge in [0.25, 0.3) is 0 Å². The van der Waals surface area contributed by atoms with Gasteiger partial charge in [0, 0.05) is 12.7 Å². The van der Waals surface area contributed by atoms with Crippen LogP contribution in [-0.4, -0.2) is 41.5 Å². The maximum Gasteiger partial charge on any atom is 0.307 e. The molecule has 0 fully saturated rings. The average Bonchev–Trinajstić information content (AvgIpc) is 2.67. The zero-order chi connectivity index (χ0) is 18.6. The van der Waals surface area contributed by atoms with E-state index < -0.39 is 0 Å². The van der Waals surface area contributed by atoms with Gasteiger partial charge in [-0.2, -0.15) is 0 Å². The molecule has 26 heavy (non-hydrogen) atoms. The second-order valence-corrected chi connectivity index (χ2v) is 5.60. The summed E-state index contributed by atoms with van der Waals surface area (Å²) >= 11 is 0. The minimum absolute atomic E-state index is 0.0871. The summed E-state index contributed by atoms with van der Waals surface area (Å²) in [5.74, 6) is 0.325. The standard InChI is InChI=1S/C20H24N2O4/c1-2-25-20(24)11-14-22(16-17-8-6-7-13-21-17)19(23)12-15-26-18-9-4-3-5-10-18/h3-10,13H,2,11-12,14-16H2,1H3. The van der Waals surface area contributed by atoms with Crippen molar-refractivity contribution in [2.45, 2.75) is 26.3 Å². The van der Waals surface area contributed by atoms with Gasteiger partial charge < -0.3 is 14.4 Å². The Hall–Kier alpha value is -2.89. The molecule has 1 amide bonds. The molecule has 1 aromatic heterocycles. The number of carbonyl (C=O) groups excluding carboxylic acids is 2. The summed E-state index contributed by atoms with van der Waals surface area (Å²) in [6.45, 7) is 3.01. The molecule has 0 spiro atoms. The van der Waals surface area contributed by atoms with E-state index in [9.17, 15) is 9.59 Å². The number of pyridine rings is 1. The Labute approximate surface area is 153 Å². The topological polar surface area (TPSA) is 68.7 Å². The van der Waals surface area contributed by atoms with Crippen LogP contribution in [0.15, 0.2) is 54.7 Å². The summed E-state index contributed by atoms with van der Waals surface area (Å²) in [6.07, 6.45) is 2.07. The summed E-state index contributed by atoms with van der Waals surface area (Å²) in [4.78, 5) is 30.1. The molecule has 0 saturated heterocycles. The van der Waals surface area contributed by atoms with Gasteiger partial charge in [0.1, 0.15) is 5.75 Å². The van der Waals surface area contributed by atoms with Crippen LogP contribution in [0.2, 0.25) is 0 Å². The maximum absolute atomic E-state index is 12.6. The first-order valence-corrected chi connectivity index (χ1v) is 8.70. The molecule has 6 heteroatoms. The van der Waals surface area contributed by atoms with Crippen molar-refractivity contribution in [3.63, 3.8) is 0 Å². The average molecular weight is 356 g/mol. The highest BCUT2D eigenvalue weighted by Crippen LogP contribution is 2.10. The molecule has 2 aromatic rings. The third-order valence-corrected chi connectivity index (χ3v) is 3.65. The number of rotatable bonds is 10. The predicted molar refractivity (Wildman–Crippen MR) is 97.5 cm³/mol. The molecule has 0 saturated carbocycles. The number of hydrogen-bond donors (Lipinski definition) is 0. The quantitative estimate of drug-likeness (QED) is 0.612. The van der Waals surface area contributed by atoms with Crippen LogP contribution in [0.4, 0.5) is 0 Å². The van der Waals surface area contributed by atoms with Crippen LogP contribution in [0.5, 0.6) is 5.75 Å². The fourth-order valence-electron chi connectivity index (χ4n) is 2.37. The van der Waals surface area contributed by atoms with Crippen molar-refractivity contribution in [2.75, 3.05) is 19.8 Å². The summed E-state index contributed by atoms with van der Waals surface area (Å²) in [7, 11) is 0. The largest absolute Gasteiger partial charge is 0.493 e. The molecular weight excluding hydrogens is 332 g/mol. The van der Waals surface area contributed by atoms with Crippen LogP contribution < -0.4 is 4.74 Å². The van der Waals surface area contributed by atoms with Gasteiger partial charge >= 0.3 is 5.97 Å². The number of ether oxygens (including phenoxy) is 2. The highest BCUT2D eigenvalue weighted by molar-refractivity contribution is 5.77. The van der Waals surface area contributed by atoms with Gasteiger partial charge in [0.05, 0.1) is 38.3 Å². The van der Waals surface area contributed by atoms with E-state index >= 15 is 0 Å². The van der Waals surface area contributed by atoms with E-state index in [4.69, 9.17) is 9.47 Å². The number of carbonyl (C=O) groups is 2. The first kappa shape index (κ1) is 19.4. The third-order valence-electron chi connectivity index (χ3n) is 3.65. The number of esters is 1. The fraction of sp³-hybridized carbons (Fsp3) is 0.350. The van der Waals surface area contributed by atoms with E-state index in [-0.39, 0.29) is 31.3 Å². The Morgan fingerprint density at radius 3 is 2.50 bits per heavy atom. The van der Waals surface area contributed by atoms with Crippen molar-refractivity contribution in [3.8, 4) is 5.75 Å². The number of amides is 1. The Morgan fingerprint density at radius 2 is 1.81 bits per heavy atom. The summed E-state index contributed by atoms with van der Waals surface area (Å²) in [6, 6.07) is 14.9. The lowest BCUT2D eigenvalue weighted by Crippen LogP contribution is -2.34. The molecule has 0 bridgehead atoms. The van der Waals surface area contributed by atoms with Crippen LogP contribution in [0.25, 0.3) is 0 Å². The lowest BCUT2D eigenvalue weighted by atomic mass is 10.2. The lowest BCUT2D eigenvalue weighted by Gasteiger charge is -2.22. The fourth-order valence-corrected chi connectivity index (χ4v) is 2.37. The molecule has 6 nitrogen and oxygen atoms in total. The summed E-state index contributed by atoms with van der Waals surface area (Å²) in [5.41, 5.74) is 0.772. The molecule has 0 N–H and O–H groups in total.